The molecule has 0 saturated carbocycles. The van der Waals surface area contributed by atoms with Crippen molar-refractivity contribution in [2.45, 2.75) is 18.9 Å². The maximum absolute atomic E-state index is 12.7. The summed E-state index contributed by atoms with van der Waals surface area (Å²) in [5.74, 6) is 0.00986. The second-order valence-electron chi connectivity index (χ2n) is 5.61. The van der Waals surface area contributed by atoms with Gasteiger partial charge < -0.3 is 19.9 Å². The molecule has 0 aliphatic carbocycles. The molecule has 3 amide bonds. The number of rotatable bonds is 3. The molecule has 2 aliphatic heterocycles. The third-order valence-electron chi connectivity index (χ3n) is 4.11. The van der Waals surface area contributed by atoms with Gasteiger partial charge in [-0.25, -0.2) is 0 Å². The minimum Gasteiger partial charge on any atom is -0.477 e. The quantitative estimate of drug-likeness (QED) is 0.861. The second kappa shape index (κ2) is 6.28. The smallest absolute Gasteiger partial charge is 0.262 e. The van der Waals surface area contributed by atoms with E-state index in [1.165, 1.54) is 11.9 Å². The molecular formula is C16H19N3O4. The molecule has 0 unspecified atom stereocenters. The number of nitrogens with zero attached hydrogens (tertiary/aromatic N) is 2. The number of nitrogens with one attached hydrogen (secondary N) is 1. The summed E-state index contributed by atoms with van der Waals surface area (Å²) >= 11 is 0. The number of carbonyl (C=O) groups excluding carboxylic acids is 3. The highest BCUT2D eigenvalue weighted by molar-refractivity contribution is 5.99. The monoisotopic (exact) mass is 317 g/mol. The molecule has 7 nitrogen and oxygen atoms in total. The van der Waals surface area contributed by atoms with Crippen LogP contribution in [0.5, 0.6) is 5.75 Å². The van der Waals surface area contributed by atoms with Gasteiger partial charge in [0.15, 0.2) is 6.10 Å². The summed E-state index contributed by atoms with van der Waals surface area (Å²) in [5, 5.41) is 2.54. The van der Waals surface area contributed by atoms with Gasteiger partial charge in [0.05, 0.1) is 12.2 Å². The van der Waals surface area contributed by atoms with Gasteiger partial charge >= 0.3 is 0 Å². The minimum atomic E-state index is -0.756. The van der Waals surface area contributed by atoms with Gasteiger partial charge in [0, 0.05) is 20.0 Å². The third kappa shape index (κ3) is 2.99. The van der Waals surface area contributed by atoms with Gasteiger partial charge in [-0.2, -0.15) is 0 Å². The van der Waals surface area contributed by atoms with Crippen LogP contribution >= 0.6 is 0 Å². The molecule has 122 valence electrons. The summed E-state index contributed by atoms with van der Waals surface area (Å²) in [5.41, 5.74) is 0.629. The van der Waals surface area contributed by atoms with Crippen molar-refractivity contribution in [1.29, 1.82) is 0 Å². The summed E-state index contributed by atoms with van der Waals surface area (Å²) in [6.45, 7) is 0.778. The number of amides is 3. The predicted octanol–water partition coefficient (Wildman–Crippen LogP) is 0.149. The molecule has 2 aliphatic rings. The Bertz CT molecular complexity index is 646. The first-order chi connectivity index (χ1) is 11.1. The highest BCUT2D eigenvalue weighted by Gasteiger charge is 2.34. The number of likely N-dealkylation sites (N-methyl/N-ethyl adjacent to an activating group) is 1. The molecule has 1 atom stereocenters. The maximum atomic E-state index is 12.7. The van der Waals surface area contributed by atoms with Crippen LogP contribution < -0.4 is 15.0 Å². The fourth-order valence-corrected chi connectivity index (χ4v) is 2.89. The van der Waals surface area contributed by atoms with E-state index >= 15 is 0 Å². The molecule has 1 N–H and O–H groups in total. The average Bonchev–Trinajstić information content (AvgIpc) is 2.97. The molecule has 2 heterocycles. The number of hydrogen-bond acceptors (Lipinski definition) is 4. The third-order valence-corrected chi connectivity index (χ3v) is 4.11. The zero-order valence-corrected chi connectivity index (χ0v) is 12.9. The Hall–Kier alpha value is -2.57. The number of anilines is 1. The molecule has 7 heteroatoms. The molecule has 0 bridgehead atoms. The van der Waals surface area contributed by atoms with E-state index in [0.29, 0.717) is 24.4 Å². The largest absolute Gasteiger partial charge is 0.477 e. The Labute approximate surface area is 134 Å². The number of fused-ring (bicyclic) bond motifs is 1. The van der Waals surface area contributed by atoms with Crippen LogP contribution in [0.15, 0.2) is 24.3 Å². The lowest BCUT2D eigenvalue weighted by Crippen LogP contribution is -2.52. The molecule has 0 radical (unpaired) electrons. The number of likely N-dealkylation sites (tertiary alicyclic amines) is 1. The number of carbonyl (C=O) groups is 3. The van der Waals surface area contributed by atoms with Crippen molar-refractivity contribution in [3.05, 3.63) is 24.3 Å². The van der Waals surface area contributed by atoms with E-state index in [2.05, 4.69) is 5.32 Å². The number of benzene rings is 1. The summed E-state index contributed by atoms with van der Waals surface area (Å²) in [7, 11) is 1.53. The first-order valence-corrected chi connectivity index (χ1v) is 7.65. The van der Waals surface area contributed by atoms with Crippen molar-refractivity contribution in [3.63, 3.8) is 0 Å². The molecule has 23 heavy (non-hydrogen) atoms. The molecule has 0 aromatic heterocycles. The van der Waals surface area contributed by atoms with Gasteiger partial charge in [-0.3, -0.25) is 14.4 Å². The minimum absolute atomic E-state index is 0.00254. The van der Waals surface area contributed by atoms with Crippen LogP contribution in [0.3, 0.4) is 0 Å². The fraction of sp³-hybridized carbons (Fsp3) is 0.438. The zero-order valence-electron chi connectivity index (χ0n) is 12.9. The van der Waals surface area contributed by atoms with Crippen LogP contribution in [0.4, 0.5) is 5.69 Å². The first kappa shape index (κ1) is 15.3. The summed E-state index contributed by atoms with van der Waals surface area (Å²) in [4.78, 5) is 39.4. The van der Waals surface area contributed by atoms with Gasteiger partial charge in [0.25, 0.3) is 5.91 Å². The van der Waals surface area contributed by atoms with Crippen LogP contribution in [-0.2, 0) is 14.4 Å². The van der Waals surface area contributed by atoms with Crippen LogP contribution in [0, 0.1) is 0 Å². The van der Waals surface area contributed by atoms with E-state index < -0.39 is 6.10 Å². The Morgan fingerprint density at radius 1 is 1.35 bits per heavy atom. The number of hydrogen-bond donors (Lipinski definition) is 1. The average molecular weight is 317 g/mol. The van der Waals surface area contributed by atoms with Gasteiger partial charge in [-0.1, -0.05) is 12.1 Å². The Kier molecular flexibility index (Phi) is 4.18. The van der Waals surface area contributed by atoms with Crippen molar-refractivity contribution in [2.75, 3.05) is 31.6 Å². The molecular weight excluding hydrogens is 298 g/mol. The van der Waals surface area contributed by atoms with Crippen molar-refractivity contribution in [1.82, 2.24) is 10.2 Å². The predicted molar refractivity (Wildman–Crippen MR) is 83.1 cm³/mol. The van der Waals surface area contributed by atoms with Crippen molar-refractivity contribution < 1.29 is 19.1 Å². The number of para-hydroxylation sites is 2. The topological polar surface area (TPSA) is 79.0 Å². The van der Waals surface area contributed by atoms with Crippen LogP contribution in [0.2, 0.25) is 0 Å². The van der Waals surface area contributed by atoms with Gasteiger partial charge in [-0.05, 0) is 18.6 Å². The van der Waals surface area contributed by atoms with E-state index in [0.717, 1.165) is 6.42 Å². The van der Waals surface area contributed by atoms with Gasteiger partial charge in [0.2, 0.25) is 11.8 Å². The Morgan fingerprint density at radius 3 is 2.83 bits per heavy atom. The fourth-order valence-electron chi connectivity index (χ4n) is 2.89. The van der Waals surface area contributed by atoms with Crippen molar-refractivity contribution >= 4 is 23.4 Å². The van der Waals surface area contributed by atoms with E-state index in [1.807, 2.05) is 6.07 Å². The van der Waals surface area contributed by atoms with E-state index in [9.17, 15) is 14.4 Å². The molecule has 1 aromatic rings. The second-order valence-corrected chi connectivity index (χ2v) is 5.61. The van der Waals surface area contributed by atoms with Crippen molar-refractivity contribution in [2.24, 2.45) is 0 Å². The molecule has 0 spiro atoms. The lowest BCUT2D eigenvalue weighted by Gasteiger charge is -2.34. The van der Waals surface area contributed by atoms with Crippen molar-refractivity contribution in [3.8, 4) is 5.75 Å². The van der Waals surface area contributed by atoms with Crippen LogP contribution in [0.25, 0.3) is 0 Å². The first-order valence-electron chi connectivity index (χ1n) is 7.65. The standard InChI is InChI=1S/C16H19N3O4/c1-17-16(22)13-9-19(11-5-2-3-6-12(11)23-13)15(21)10-18-8-4-7-14(18)20/h2-3,5-6,13H,4,7-10H2,1H3,(H,17,22)/t13-/m0/s1. The highest BCUT2D eigenvalue weighted by atomic mass is 16.5. The highest BCUT2D eigenvalue weighted by Crippen LogP contribution is 2.33. The SMILES string of the molecule is CNC(=O)[C@@H]1CN(C(=O)CN2CCCC2=O)c2ccccc2O1. The van der Waals surface area contributed by atoms with E-state index in [4.69, 9.17) is 4.74 Å². The lowest BCUT2D eigenvalue weighted by molar-refractivity contribution is -0.133. The Morgan fingerprint density at radius 2 is 2.13 bits per heavy atom. The molecule has 1 fully saturated rings. The molecule has 3 rings (SSSR count). The summed E-state index contributed by atoms with van der Waals surface area (Å²) in [6.07, 6.45) is 0.522. The van der Waals surface area contributed by atoms with Crippen LogP contribution in [0.1, 0.15) is 12.8 Å². The lowest BCUT2D eigenvalue weighted by atomic mass is 10.1. The number of ether oxygens (including phenoxy) is 1. The normalized spacial score (nSPS) is 20.0. The summed E-state index contributed by atoms with van der Waals surface area (Å²) in [6, 6.07) is 7.10. The molecule has 1 aromatic carbocycles. The zero-order chi connectivity index (χ0) is 16.4. The Balaban J connectivity index is 1.82. The van der Waals surface area contributed by atoms with E-state index in [1.54, 1.807) is 23.1 Å². The molecule has 1 saturated heterocycles. The van der Waals surface area contributed by atoms with Crippen LogP contribution in [-0.4, -0.2) is 55.4 Å². The van der Waals surface area contributed by atoms with Gasteiger partial charge in [0.1, 0.15) is 12.3 Å². The maximum Gasteiger partial charge on any atom is 0.262 e. The van der Waals surface area contributed by atoms with Gasteiger partial charge in [-0.15, -0.1) is 0 Å². The van der Waals surface area contributed by atoms with E-state index in [-0.39, 0.29) is 30.8 Å². The summed E-state index contributed by atoms with van der Waals surface area (Å²) < 4.78 is 5.67.